The van der Waals surface area contributed by atoms with Crippen molar-refractivity contribution in [1.29, 1.82) is 0 Å². The summed E-state index contributed by atoms with van der Waals surface area (Å²) in [4.78, 5) is 2.60. The summed E-state index contributed by atoms with van der Waals surface area (Å²) in [5, 5.41) is 9.96. The molecule has 0 aromatic heterocycles. The number of phenols is 1. The molecular formula is C17H23NO. The highest BCUT2D eigenvalue weighted by molar-refractivity contribution is 5.45. The Morgan fingerprint density at radius 3 is 2.84 bits per heavy atom. The van der Waals surface area contributed by atoms with E-state index in [0.717, 1.165) is 0 Å². The molecule has 2 nitrogen and oxygen atoms in total. The van der Waals surface area contributed by atoms with Crippen LogP contribution in [-0.4, -0.2) is 23.6 Å². The zero-order valence-corrected chi connectivity index (χ0v) is 11.8. The summed E-state index contributed by atoms with van der Waals surface area (Å²) in [6, 6.07) is 6.08. The van der Waals surface area contributed by atoms with Crippen LogP contribution in [0.3, 0.4) is 0 Å². The van der Waals surface area contributed by atoms with Gasteiger partial charge in [-0.2, -0.15) is 0 Å². The average Bonchev–Trinajstić information content (AvgIpc) is 2.74. The highest BCUT2D eigenvalue weighted by atomic mass is 16.3. The number of likely N-dealkylation sites (tertiary alicyclic amines) is 1. The van der Waals surface area contributed by atoms with Crippen molar-refractivity contribution >= 4 is 0 Å². The summed E-state index contributed by atoms with van der Waals surface area (Å²) in [6.45, 7) is 1.22. The van der Waals surface area contributed by atoms with Gasteiger partial charge >= 0.3 is 0 Å². The third kappa shape index (κ3) is 1.31. The Morgan fingerprint density at radius 1 is 1.11 bits per heavy atom. The summed E-state index contributed by atoms with van der Waals surface area (Å²) in [7, 11) is 2.30. The van der Waals surface area contributed by atoms with Gasteiger partial charge in [0, 0.05) is 0 Å². The lowest BCUT2D eigenvalue weighted by molar-refractivity contribution is -0.0134. The van der Waals surface area contributed by atoms with Crippen LogP contribution in [0, 0.1) is 5.41 Å². The highest BCUT2D eigenvalue weighted by Gasteiger charge is 2.61. The monoisotopic (exact) mass is 257 g/mol. The molecule has 19 heavy (non-hydrogen) atoms. The Morgan fingerprint density at radius 2 is 1.95 bits per heavy atom. The molecule has 1 aromatic rings. The van der Waals surface area contributed by atoms with Crippen LogP contribution in [-0.2, 0) is 12.0 Å². The minimum atomic E-state index is 0.220. The standard InChI is InChI=1S/C17H23NO/c1-18-11-10-16-7-2-3-8-17(16,18)15-12-14(19)5-4-13(15)6-9-16/h4-5,12,19H,2-3,6-11H2,1H3. The van der Waals surface area contributed by atoms with Crippen LogP contribution in [0.2, 0.25) is 0 Å². The van der Waals surface area contributed by atoms with Crippen molar-refractivity contribution < 1.29 is 5.11 Å². The number of phenolic OH excluding ortho intramolecular Hbond substituents is 1. The highest BCUT2D eigenvalue weighted by Crippen LogP contribution is 2.64. The van der Waals surface area contributed by atoms with Crippen molar-refractivity contribution in [3.63, 3.8) is 0 Å². The molecule has 1 heterocycles. The number of hydrogen-bond donors (Lipinski definition) is 1. The van der Waals surface area contributed by atoms with Crippen molar-refractivity contribution in [2.75, 3.05) is 13.6 Å². The van der Waals surface area contributed by atoms with Crippen molar-refractivity contribution in [3.05, 3.63) is 29.3 Å². The van der Waals surface area contributed by atoms with Gasteiger partial charge in [-0.1, -0.05) is 18.9 Å². The van der Waals surface area contributed by atoms with Crippen molar-refractivity contribution in [3.8, 4) is 5.75 Å². The largest absolute Gasteiger partial charge is 0.508 e. The SMILES string of the molecule is CN1CCC23CCCCC12c1cc(O)ccc1CC3. The minimum absolute atomic E-state index is 0.220. The third-order valence-electron chi connectivity index (χ3n) is 6.31. The third-order valence-corrected chi connectivity index (χ3v) is 6.31. The molecule has 2 atom stereocenters. The van der Waals surface area contributed by atoms with Gasteiger partial charge < -0.3 is 5.11 Å². The molecule has 0 amide bonds. The first-order valence-electron chi connectivity index (χ1n) is 7.72. The average molecular weight is 257 g/mol. The molecule has 1 saturated heterocycles. The minimum Gasteiger partial charge on any atom is -0.508 e. The van der Waals surface area contributed by atoms with Crippen LogP contribution in [0.4, 0.5) is 0 Å². The summed E-state index contributed by atoms with van der Waals surface area (Å²) < 4.78 is 0. The van der Waals surface area contributed by atoms with Crippen LogP contribution in [0.1, 0.15) is 49.7 Å². The van der Waals surface area contributed by atoms with Crippen LogP contribution < -0.4 is 0 Å². The van der Waals surface area contributed by atoms with Gasteiger partial charge in [0.1, 0.15) is 5.75 Å². The Labute approximate surface area is 115 Å². The van der Waals surface area contributed by atoms with Gasteiger partial charge in [-0.3, -0.25) is 4.90 Å². The van der Waals surface area contributed by atoms with E-state index in [1.54, 1.807) is 0 Å². The molecule has 4 rings (SSSR count). The zero-order chi connectivity index (χ0) is 13.1. The van der Waals surface area contributed by atoms with Crippen LogP contribution >= 0.6 is 0 Å². The van der Waals surface area contributed by atoms with Gasteiger partial charge in [-0.05, 0) is 74.4 Å². The van der Waals surface area contributed by atoms with E-state index >= 15 is 0 Å². The summed E-state index contributed by atoms with van der Waals surface area (Å²) in [5.74, 6) is 0.440. The lowest BCUT2D eigenvalue weighted by Crippen LogP contribution is -2.54. The molecule has 0 radical (unpaired) electrons. The molecule has 1 saturated carbocycles. The molecular weight excluding hydrogens is 234 g/mol. The maximum atomic E-state index is 9.96. The molecule has 2 aliphatic carbocycles. The molecule has 3 aliphatic rings. The molecule has 2 unspecified atom stereocenters. The first-order valence-corrected chi connectivity index (χ1v) is 7.72. The molecule has 1 aromatic carbocycles. The number of benzene rings is 1. The van der Waals surface area contributed by atoms with E-state index in [-0.39, 0.29) is 5.54 Å². The lowest BCUT2D eigenvalue weighted by atomic mass is 9.53. The first-order chi connectivity index (χ1) is 9.18. The normalized spacial score (nSPS) is 37.5. The second-order valence-electron chi connectivity index (χ2n) is 6.86. The van der Waals surface area contributed by atoms with E-state index in [2.05, 4.69) is 24.1 Å². The number of rotatable bonds is 0. The van der Waals surface area contributed by atoms with Gasteiger partial charge in [0.05, 0.1) is 5.54 Å². The molecule has 0 spiro atoms. The Kier molecular flexibility index (Phi) is 2.33. The summed E-state index contributed by atoms with van der Waals surface area (Å²) in [6.07, 6.45) is 9.27. The Balaban J connectivity index is 1.97. The number of nitrogens with zero attached hydrogens (tertiary/aromatic N) is 1. The maximum absolute atomic E-state index is 9.96. The Hall–Kier alpha value is -1.02. The predicted molar refractivity (Wildman–Crippen MR) is 76.3 cm³/mol. The van der Waals surface area contributed by atoms with Gasteiger partial charge in [0.2, 0.25) is 0 Å². The van der Waals surface area contributed by atoms with Crippen LogP contribution in [0.25, 0.3) is 0 Å². The van der Waals surface area contributed by atoms with Crippen molar-refractivity contribution in [2.24, 2.45) is 5.41 Å². The molecule has 0 bridgehead atoms. The van der Waals surface area contributed by atoms with E-state index in [9.17, 15) is 5.11 Å². The molecule has 2 fully saturated rings. The van der Waals surface area contributed by atoms with E-state index < -0.39 is 0 Å². The molecule has 2 heteroatoms. The summed E-state index contributed by atoms with van der Waals surface area (Å²) in [5.41, 5.74) is 3.63. The second kappa shape index (κ2) is 3.76. The fraction of sp³-hybridized carbons (Fsp3) is 0.647. The van der Waals surface area contributed by atoms with E-state index in [4.69, 9.17) is 0 Å². The molecule has 1 aliphatic heterocycles. The number of aromatic hydroxyl groups is 1. The molecule has 102 valence electrons. The predicted octanol–water partition coefficient (Wildman–Crippen LogP) is 3.43. The fourth-order valence-corrected chi connectivity index (χ4v) is 5.44. The van der Waals surface area contributed by atoms with Crippen molar-refractivity contribution in [1.82, 2.24) is 4.90 Å². The number of fused-ring (bicyclic) bond motifs is 1. The number of aryl methyl sites for hydroxylation is 1. The van der Waals surface area contributed by atoms with Gasteiger partial charge in [0.25, 0.3) is 0 Å². The first kappa shape index (κ1) is 11.8. The smallest absolute Gasteiger partial charge is 0.115 e. The van der Waals surface area contributed by atoms with E-state index in [1.165, 1.54) is 62.6 Å². The Bertz CT molecular complexity index is 522. The lowest BCUT2D eigenvalue weighted by Gasteiger charge is -2.56. The maximum Gasteiger partial charge on any atom is 0.115 e. The topological polar surface area (TPSA) is 23.5 Å². The van der Waals surface area contributed by atoms with Crippen LogP contribution in [0.5, 0.6) is 5.75 Å². The van der Waals surface area contributed by atoms with E-state index in [0.29, 0.717) is 11.2 Å². The van der Waals surface area contributed by atoms with Gasteiger partial charge in [-0.15, -0.1) is 0 Å². The summed E-state index contributed by atoms with van der Waals surface area (Å²) >= 11 is 0. The second-order valence-corrected chi connectivity index (χ2v) is 6.86. The van der Waals surface area contributed by atoms with Gasteiger partial charge in [-0.25, -0.2) is 0 Å². The van der Waals surface area contributed by atoms with E-state index in [1.807, 2.05) is 6.07 Å². The number of hydrogen-bond acceptors (Lipinski definition) is 2. The van der Waals surface area contributed by atoms with Gasteiger partial charge in [0.15, 0.2) is 0 Å². The molecule has 1 N–H and O–H groups in total. The van der Waals surface area contributed by atoms with Crippen LogP contribution in [0.15, 0.2) is 18.2 Å². The van der Waals surface area contributed by atoms with Crippen molar-refractivity contribution in [2.45, 2.75) is 50.5 Å². The quantitative estimate of drug-likeness (QED) is 0.769. The fourth-order valence-electron chi connectivity index (χ4n) is 5.44. The zero-order valence-electron chi connectivity index (χ0n) is 11.8.